The van der Waals surface area contributed by atoms with E-state index in [0.717, 1.165) is 33.8 Å². The summed E-state index contributed by atoms with van der Waals surface area (Å²) in [5, 5.41) is 17.8. The van der Waals surface area contributed by atoms with Gasteiger partial charge in [-0.2, -0.15) is 0 Å². The minimum Gasteiger partial charge on any atom is -0.396 e. The van der Waals surface area contributed by atoms with Crippen molar-refractivity contribution in [1.29, 1.82) is 0 Å². The first-order valence-electron chi connectivity index (χ1n) is 20.2. The number of aromatic nitrogens is 3. The van der Waals surface area contributed by atoms with Gasteiger partial charge in [-0.1, -0.05) is 60.7 Å². The van der Waals surface area contributed by atoms with Crippen LogP contribution < -0.4 is 14.7 Å². The van der Waals surface area contributed by atoms with Gasteiger partial charge in [-0.15, -0.1) is 5.10 Å². The average Bonchev–Trinajstić information content (AvgIpc) is 3.86. The number of fused-ring (bicyclic) bond motifs is 4. The summed E-state index contributed by atoms with van der Waals surface area (Å²) in [6, 6.07) is 29.2. The number of para-hydroxylation sites is 2. The Kier molecular flexibility index (Phi) is 9.64. The van der Waals surface area contributed by atoms with Crippen molar-refractivity contribution in [3.8, 4) is 0 Å². The number of anilines is 5. The molecule has 5 aromatic rings. The molecule has 1 spiro atoms. The van der Waals surface area contributed by atoms with Crippen molar-refractivity contribution in [1.82, 2.24) is 15.0 Å². The van der Waals surface area contributed by atoms with Crippen LogP contribution in [0.5, 0.6) is 0 Å². The van der Waals surface area contributed by atoms with Gasteiger partial charge in [-0.25, -0.2) is 0 Å². The third-order valence-electron chi connectivity index (χ3n) is 12.5. The molecule has 4 atom stereocenters. The number of hydrogen-bond acceptors (Lipinski definition) is 7. The number of aryl methyl sites for hydroxylation is 3. The molecule has 58 heavy (non-hydrogen) atoms. The lowest BCUT2D eigenvalue weighted by atomic mass is 9.82. The number of nitrogens with zero attached hydrogens (tertiary/aromatic N) is 6. The van der Waals surface area contributed by atoms with Crippen molar-refractivity contribution in [3.05, 3.63) is 125 Å². The van der Waals surface area contributed by atoms with Crippen LogP contribution in [-0.2, 0) is 57.1 Å². The number of carbonyl (C=O) groups excluding carboxylic acids is 3. The summed E-state index contributed by atoms with van der Waals surface area (Å²) in [5.74, 6) is -0.801. The highest BCUT2D eigenvalue weighted by atomic mass is 28.4. The van der Waals surface area contributed by atoms with Crippen LogP contribution in [0.25, 0.3) is 0 Å². The molecule has 0 saturated carbocycles. The van der Waals surface area contributed by atoms with Gasteiger partial charge in [0.2, 0.25) is 20.2 Å². The molecule has 1 fully saturated rings. The van der Waals surface area contributed by atoms with Crippen LogP contribution in [0, 0.1) is 5.92 Å². The molecule has 4 aromatic carbocycles. The molecule has 13 heteroatoms. The van der Waals surface area contributed by atoms with Gasteiger partial charge in [0.05, 0.1) is 35.4 Å². The second-order valence-corrected chi connectivity index (χ2v) is 20.3. The minimum absolute atomic E-state index is 0.0351. The first kappa shape index (κ1) is 38.0. The monoisotopic (exact) mass is 798 g/mol. The Hall–Kier alpha value is -5.50. The lowest BCUT2D eigenvalue weighted by Gasteiger charge is -2.32. The van der Waals surface area contributed by atoms with Gasteiger partial charge in [0.15, 0.2) is 5.60 Å². The van der Waals surface area contributed by atoms with Crippen LogP contribution >= 0.6 is 0 Å². The predicted octanol–water partition coefficient (Wildman–Crippen LogP) is 7.45. The van der Waals surface area contributed by atoms with Gasteiger partial charge < -0.3 is 18.9 Å². The summed E-state index contributed by atoms with van der Waals surface area (Å²) in [4.78, 5) is 47.4. The van der Waals surface area contributed by atoms with E-state index >= 15 is 8.90 Å². The maximum atomic E-state index is 16.7. The first-order valence-corrected chi connectivity index (χ1v) is 23.2. The van der Waals surface area contributed by atoms with Crippen LogP contribution in [-0.4, -0.2) is 58.9 Å². The summed E-state index contributed by atoms with van der Waals surface area (Å²) >= 11 is 0. The van der Waals surface area contributed by atoms with E-state index in [1.807, 2.05) is 91.9 Å². The number of carbonyl (C=O) groups is 3. The minimum atomic E-state index is -3.47. The van der Waals surface area contributed by atoms with Crippen molar-refractivity contribution in [2.75, 3.05) is 21.3 Å². The zero-order valence-electron chi connectivity index (χ0n) is 33.0. The number of rotatable bonds is 10. The highest BCUT2D eigenvalue weighted by molar-refractivity contribution is 6.72. The fourth-order valence-corrected chi connectivity index (χ4v) is 12.4. The third-order valence-corrected chi connectivity index (χ3v) is 15.0. The Bertz CT molecular complexity index is 2410. The molecule has 5 heterocycles. The largest absolute Gasteiger partial charge is 0.396 e. The van der Waals surface area contributed by atoms with Gasteiger partial charge >= 0.3 is 0 Å². The van der Waals surface area contributed by atoms with Crippen molar-refractivity contribution in [2.24, 2.45) is 5.92 Å². The summed E-state index contributed by atoms with van der Waals surface area (Å²) < 4.78 is 25.5. The average molecular weight is 799 g/mol. The fraction of sp³-hybridized carbons (Fsp3) is 0.356. The molecule has 4 aliphatic rings. The Balaban J connectivity index is 1.10. The van der Waals surface area contributed by atoms with Crippen LogP contribution in [0.15, 0.2) is 97.2 Å². The van der Waals surface area contributed by atoms with E-state index in [-0.39, 0.29) is 30.9 Å². The van der Waals surface area contributed by atoms with Crippen LogP contribution in [0.2, 0.25) is 18.6 Å². The highest BCUT2D eigenvalue weighted by Gasteiger charge is 2.66. The number of halogens is 1. The molecule has 298 valence electrons. The maximum absolute atomic E-state index is 16.7. The van der Waals surface area contributed by atoms with Gasteiger partial charge in [0.25, 0.3) is 5.91 Å². The van der Waals surface area contributed by atoms with Crippen LogP contribution in [0.4, 0.5) is 32.5 Å². The van der Waals surface area contributed by atoms with Gasteiger partial charge in [0, 0.05) is 67.0 Å². The van der Waals surface area contributed by atoms with Crippen LogP contribution in [0.1, 0.15) is 54.1 Å². The molecule has 4 aliphatic heterocycles. The van der Waals surface area contributed by atoms with E-state index in [1.54, 1.807) is 38.7 Å². The summed E-state index contributed by atoms with van der Waals surface area (Å²) in [5.41, 5.74) is 6.03. The molecule has 1 N–H and O–H groups in total. The molecule has 11 nitrogen and oxygen atoms in total. The van der Waals surface area contributed by atoms with E-state index < -0.39 is 31.6 Å². The number of aliphatic hydroxyl groups excluding tert-OH is 1. The molecule has 3 amide bonds. The van der Waals surface area contributed by atoms with Gasteiger partial charge in [-0.05, 0) is 91.5 Å². The first-order chi connectivity index (χ1) is 28.0. The zero-order valence-corrected chi connectivity index (χ0v) is 34.0. The smallest absolute Gasteiger partial charge is 0.264 e. The normalized spacial score (nSPS) is 22.8. The topological polar surface area (TPSA) is 121 Å². The summed E-state index contributed by atoms with van der Waals surface area (Å²) in [6.07, 6.45) is 4.10. The lowest BCUT2D eigenvalue weighted by Crippen LogP contribution is -2.45. The Morgan fingerprint density at radius 3 is 2.09 bits per heavy atom. The number of benzene rings is 4. The summed E-state index contributed by atoms with van der Waals surface area (Å²) in [7, 11) is -3.47. The van der Waals surface area contributed by atoms with E-state index in [9.17, 15) is 14.7 Å². The Morgan fingerprint density at radius 2 is 1.45 bits per heavy atom. The van der Waals surface area contributed by atoms with Crippen molar-refractivity contribution in [2.45, 2.75) is 88.9 Å². The standard InChI is InChI=1S/C45H47FN6O5Si/c1-29-43(58(2,3)46)40(22-24-49-28-33(23-25-53)47-48-49)57-45(29)36-26-35(52-38-11-7-5-9-32(38)15-21-42(52)55)18-19-39(36)50(44(45)56)27-30-12-16-34(17-13-30)51-37-10-6-4-8-31(37)14-20-41(51)54/h4-13,16-19,26,28-29,40,43,53H,14-15,20-25,27H2,1-3H3/t29-,40+,43-,45+/m0/s1. The lowest BCUT2D eigenvalue weighted by molar-refractivity contribution is -0.146. The van der Waals surface area contributed by atoms with Crippen LogP contribution in [0.3, 0.4) is 0 Å². The zero-order chi connectivity index (χ0) is 40.3. The SMILES string of the molecule is C[C@H]1[C@H]([Si](C)(C)F)[C@@H](CCn2cc(CCO)nn2)O[C@]12C(=O)N(Cc1ccc(N3C(=O)CCc4ccccc43)cc1)c1ccc(N3C(=O)CCc4ccccc43)cc12. The maximum Gasteiger partial charge on any atom is 0.264 e. The number of ether oxygens (including phenoxy) is 1. The van der Waals surface area contributed by atoms with Crippen molar-refractivity contribution >= 4 is 54.6 Å². The molecule has 9 rings (SSSR count). The highest BCUT2D eigenvalue weighted by Crippen LogP contribution is 2.61. The molecule has 0 aliphatic carbocycles. The van der Waals surface area contributed by atoms with Gasteiger partial charge in [0.1, 0.15) is 0 Å². The Morgan fingerprint density at radius 1 is 0.828 bits per heavy atom. The molecule has 0 radical (unpaired) electrons. The predicted molar refractivity (Wildman–Crippen MR) is 221 cm³/mol. The summed E-state index contributed by atoms with van der Waals surface area (Å²) in [6.45, 7) is 5.88. The fourth-order valence-electron chi connectivity index (χ4n) is 9.89. The third kappa shape index (κ3) is 6.36. The second-order valence-electron chi connectivity index (χ2n) is 16.5. The molecule has 1 saturated heterocycles. The van der Waals surface area contributed by atoms with Crippen molar-refractivity contribution < 1.29 is 28.3 Å². The van der Waals surface area contributed by atoms with Gasteiger partial charge in [-0.3, -0.25) is 28.9 Å². The second kappa shape index (κ2) is 14.7. The molecule has 1 aromatic heterocycles. The number of aliphatic hydroxyl groups is 1. The van der Waals surface area contributed by atoms with E-state index in [4.69, 9.17) is 4.74 Å². The molecule has 0 bridgehead atoms. The van der Waals surface area contributed by atoms with E-state index in [1.165, 1.54) is 0 Å². The Labute approximate surface area is 338 Å². The molecular weight excluding hydrogens is 752 g/mol. The quantitative estimate of drug-likeness (QED) is 0.115. The van der Waals surface area contributed by atoms with Crippen molar-refractivity contribution in [3.63, 3.8) is 0 Å². The number of hydrogen-bond donors (Lipinski definition) is 1. The van der Waals surface area contributed by atoms with E-state index in [2.05, 4.69) is 16.4 Å². The molecule has 0 unspecified atom stereocenters. The van der Waals surface area contributed by atoms with E-state index in [0.29, 0.717) is 67.7 Å². The number of amides is 3. The molecular formula is C45H47FN6O5Si.